The lowest BCUT2D eigenvalue weighted by Gasteiger charge is -2.38. The number of rotatable bonds is 7. The first-order chi connectivity index (χ1) is 15.2. The quantitative estimate of drug-likeness (QED) is 0.519. The average Bonchev–Trinajstić information content (AvgIpc) is 3.24. The Morgan fingerprint density at radius 3 is 2.44 bits per heavy atom. The van der Waals surface area contributed by atoms with Crippen LogP contribution in [-0.2, 0) is 21.4 Å². The Kier molecular flexibility index (Phi) is 7.81. The molecule has 1 aliphatic heterocycles. The molecule has 2 amide bonds. The standard InChI is InChI=1S/C27H38N2O2S/c1-7-9-24(30)29(19(3)8-2)18-25(31)28-16-14-23-22(15-17-32-23)26(28)20-10-12-21(13-11-20)27(4,5)6/h10-13,15,17,19,26H,7-9,14,16,18H2,1-6H3. The number of fused-ring (bicyclic) bond motifs is 1. The molecule has 0 spiro atoms. The van der Waals surface area contributed by atoms with E-state index in [1.807, 2.05) is 18.7 Å². The molecule has 0 N–H and O–H groups in total. The summed E-state index contributed by atoms with van der Waals surface area (Å²) in [4.78, 5) is 31.5. The number of carbonyl (C=O) groups is 2. The first-order valence-corrected chi connectivity index (χ1v) is 12.8. The highest BCUT2D eigenvalue weighted by atomic mass is 32.1. The van der Waals surface area contributed by atoms with Gasteiger partial charge in [-0.3, -0.25) is 9.59 Å². The summed E-state index contributed by atoms with van der Waals surface area (Å²) in [5.74, 6) is 0.117. The number of amides is 2. The van der Waals surface area contributed by atoms with Crippen LogP contribution >= 0.6 is 11.3 Å². The smallest absolute Gasteiger partial charge is 0.243 e. The van der Waals surface area contributed by atoms with Crippen LogP contribution in [0.3, 0.4) is 0 Å². The largest absolute Gasteiger partial charge is 0.331 e. The molecular formula is C27H38N2O2S. The van der Waals surface area contributed by atoms with Crippen molar-refractivity contribution in [3.05, 3.63) is 57.3 Å². The molecule has 1 aliphatic rings. The molecule has 3 rings (SSSR count). The van der Waals surface area contributed by atoms with Crippen LogP contribution in [-0.4, -0.2) is 40.7 Å². The normalized spacial score (nSPS) is 17.1. The van der Waals surface area contributed by atoms with Gasteiger partial charge in [-0.2, -0.15) is 0 Å². The second kappa shape index (κ2) is 10.2. The number of nitrogens with zero attached hydrogens (tertiary/aromatic N) is 2. The van der Waals surface area contributed by atoms with Crippen molar-refractivity contribution in [1.82, 2.24) is 9.80 Å². The lowest BCUT2D eigenvalue weighted by atomic mass is 9.85. The SMILES string of the molecule is CCCC(=O)N(CC(=O)N1CCc2sccc2C1c1ccc(C(C)(C)C)cc1)C(C)CC. The topological polar surface area (TPSA) is 40.6 Å². The molecule has 0 radical (unpaired) electrons. The minimum absolute atomic E-state index is 0.0384. The Morgan fingerprint density at radius 2 is 1.84 bits per heavy atom. The fourth-order valence-corrected chi connectivity index (χ4v) is 5.32. The molecule has 1 aromatic carbocycles. The van der Waals surface area contributed by atoms with Crippen molar-refractivity contribution in [3.8, 4) is 0 Å². The van der Waals surface area contributed by atoms with Gasteiger partial charge in [-0.05, 0) is 59.7 Å². The van der Waals surface area contributed by atoms with Gasteiger partial charge in [0.25, 0.3) is 0 Å². The van der Waals surface area contributed by atoms with E-state index in [9.17, 15) is 9.59 Å². The molecule has 4 nitrogen and oxygen atoms in total. The maximum atomic E-state index is 13.6. The van der Waals surface area contributed by atoms with E-state index in [2.05, 4.69) is 63.4 Å². The zero-order chi connectivity index (χ0) is 23.5. The molecule has 0 saturated heterocycles. The van der Waals surface area contributed by atoms with Gasteiger partial charge in [0.05, 0.1) is 6.04 Å². The molecule has 2 unspecified atom stereocenters. The molecule has 32 heavy (non-hydrogen) atoms. The van der Waals surface area contributed by atoms with Gasteiger partial charge in [0.15, 0.2) is 0 Å². The lowest BCUT2D eigenvalue weighted by molar-refractivity contribution is -0.143. The second-order valence-electron chi connectivity index (χ2n) is 9.94. The first kappa shape index (κ1) is 24.5. The molecular weight excluding hydrogens is 416 g/mol. The summed E-state index contributed by atoms with van der Waals surface area (Å²) < 4.78 is 0. The Labute approximate surface area is 197 Å². The minimum atomic E-state index is -0.0911. The maximum Gasteiger partial charge on any atom is 0.243 e. The van der Waals surface area contributed by atoms with E-state index in [4.69, 9.17) is 0 Å². The van der Waals surface area contributed by atoms with Crippen molar-refractivity contribution < 1.29 is 9.59 Å². The van der Waals surface area contributed by atoms with Crippen LogP contribution in [0.1, 0.15) is 88.4 Å². The third-order valence-corrected chi connectivity index (χ3v) is 7.59. The summed E-state index contributed by atoms with van der Waals surface area (Å²) in [5.41, 5.74) is 3.74. The first-order valence-electron chi connectivity index (χ1n) is 11.9. The van der Waals surface area contributed by atoms with Crippen LogP contribution in [0.15, 0.2) is 35.7 Å². The average molecular weight is 455 g/mol. The summed E-state index contributed by atoms with van der Waals surface area (Å²) in [5, 5.41) is 2.13. The molecule has 0 saturated carbocycles. The van der Waals surface area contributed by atoms with Gasteiger partial charge >= 0.3 is 0 Å². The Bertz CT molecular complexity index is 926. The van der Waals surface area contributed by atoms with Crippen LogP contribution < -0.4 is 0 Å². The van der Waals surface area contributed by atoms with Gasteiger partial charge in [-0.15, -0.1) is 11.3 Å². The summed E-state index contributed by atoms with van der Waals surface area (Å²) in [7, 11) is 0. The Balaban J connectivity index is 1.92. The maximum absolute atomic E-state index is 13.6. The van der Waals surface area contributed by atoms with Gasteiger partial charge in [0, 0.05) is 23.9 Å². The predicted octanol–water partition coefficient (Wildman–Crippen LogP) is 5.95. The summed E-state index contributed by atoms with van der Waals surface area (Å²) in [6, 6.07) is 10.9. The van der Waals surface area contributed by atoms with Crippen LogP contribution in [0.4, 0.5) is 0 Å². The van der Waals surface area contributed by atoms with Gasteiger partial charge in [0.2, 0.25) is 11.8 Å². The van der Waals surface area contributed by atoms with Crippen molar-refractivity contribution in [2.45, 2.75) is 84.7 Å². The molecule has 1 aromatic heterocycles. The van der Waals surface area contributed by atoms with E-state index in [1.54, 1.807) is 16.2 Å². The number of benzene rings is 1. The van der Waals surface area contributed by atoms with Gasteiger partial charge in [0.1, 0.15) is 6.54 Å². The highest BCUT2D eigenvalue weighted by Crippen LogP contribution is 2.38. The molecule has 5 heteroatoms. The number of hydrogen-bond donors (Lipinski definition) is 0. The minimum Gasteiger partial charge on any atom is -0.331 e. The van der Waals surface area contributed by atoms with Crippen LogP contribution in [0, 0.1) is 0 Å². The number of hydrogen-bond acceptors (Lipinski definition) is 3. The van der Waals surface area contributed by atoms with E-state index in [0.717, 1.165) is 24.8 Å². The highest BCUT2D eigenvalue weighted by Gasteiger charge is 2.34. The lowest BCUT2D eigenvalue weighted by Crippen LogP contribution is -2.49. The van der Waals surface area contributed by atoms with Gasteiger partial charge in [-0.1, -0.05) is 58.9 Å². The Hall–Kier alpha value is -2.14. The highest BCUT2D eigenvalue weighted by molar-refractivity contribution is 7.10. The van der Waals surface area contributed by atoms with E-state index in [1.165, 1.54) is 16.0 Å². The fourth-order valence-electron chi connectivity index (χ4n) is 4.41. The van der Waals surface area contributed by atoms with Gasteiger partial charge < -0.3 is 9.80 Å². The number of carbonyl (C=O) groups excluding carboxylic acids is 2. The van der Waals surface area contributed by atoms with Crippen LogP contribution in [0.2, 0.25) is 0 Å². The second-order valence-corrected chi connectivity index (χ2v) is 10.9. The molecule has 0 bridgehead atoms. The molecule has 0 fully saturated rings. The van der Waals surface area contributed by atoms with Crippen molar-refractivity contribution in [1.29, 1.82) is 0 Å². The van der Waals surface area contributed by atoms with Crippen LogP contribution in [0.5, 0.6) is 0 Å². The monoisotopic (exact) mass is 454 g/mol. The van der Waals surface area contributed by atoms with Crippen LogP contribution in [0.25, 0.3) is 0 Å². The molecule has 2 heterocycles. The summed E-state index contributed by atoms with van der Waals surface area (Å²) >= 11 is 1.78. The third kappa shape index (κ3) is 5.25. The van der Waals surface area contributed by atoms with Crippen molar-refractivity contribution in [2.24, 2.45) is 0 Å². The van der Waals surface area contributed by atoms with Crippen molar-refractivity contribution >= 4 is 23.2 Å². The summed E-state index contributed by atoms with van der Waals surface area (Å²) in [6.07, 6.45) is 3.01. The molecule has 0 aliphatic carbocycles. The number of thiophene rings is 1. The molecule has 174 valence electrons. The molecule has 2 atom stereocenters. The van der Waals surface area contributed by atoms with E-state index in [0.29, 0.717) is 13.0 Å². The summed E-state index contributed by atoms with van der Waals surface area (Å²) in [6.45, 7) is 13.6. The zero-order valence-corrected chi connectivity index (χ0v) is 21.3. The molecule has 2 aromatic rings. The Morgan fingerprint density at radius 1 is 1.16 bits per heavy atom. The van der Waals surface area contributed by atoms with Crippen molar-refractivity contribution in [2.75, 3.05) is 13.1 Å². The predicted molar refractivity (Wildman–Crippen MR) is 133 cm³/mol. The van der Waals surface area contributed by atoms with E-state index in [-0.39, 0.29) is 35.9 Å². The third-order valence-electron chi connectivity index (χ3n) is 6.59. The fraction of sp³-hybridized carbons (Fsp3) is 0.556. The van der Waals surface area contributed by atoms with Gasteiger partial charge in [-0.25, -0.2) is 0 Å². The van der Waals surface area contributed by atoms with E-state index < -0.39 is 0 Å². The van der Waals surface area contributed by atoms with Crippen molar-refractivity contribution in [3.63, 3.8) is 0 Å². The zero-order valence-electron chi connectivity index (χ0n) is 20.5. The van der Waals surface area contributed by atoms with E-state index >= 15 is 0 Å².